The van der Waals surface area contributed by atoms with Gasteiger partial charge in [-0.15, -0.1) is 0 Å². The lowest BCUT2D eigenvalue weighted by Gasteiger charge is -2.60. The molecule has 1 aliphatic heterocycles. The molecule has 1 fully saturated rings. The SMILES string of the molecule is CC1=C(CO[Si](C)(C)C(C)(C)C)C(C)(C)[C@](O)([C@@H](O)[C@H]2[C@](C)(CO[Si](c3ccccc3)(c3ccccc3)C(C)(C)C)[C@@H](OCc3ccccc3)C=C[C@@]23COC(C)(C)O3)CC1. The summed E-state index contributed by atoms with van der Waals surface area (Å²) in [4.78, 5) is 0. The fourth-order valence-electron chi connectivity index (χ4n) is 10.4. The third kappa shape index (κ3) is 8.77. The summed E-state index contributed by atoms with van der Waals surface area (Å²) in [5, 5.41) is 29.3. The Kier molecular flexibility index (Phi) is 13.3. The summed E-state index contributed by atoms with van der Waals surface area (Å²) in [5.74, 6) is -1.68. The average molecular weight is 869 g/mol. The lowest BCUT2D eigenvalue weighted by atomic mass is 9.52. The van der Waals surface area contributed by atoms with Gasteiger partial charge in [0.1, 0.15) is 11.2 Å². The van der Waals surface area contributed by atoms with Crippen LogP contribution in [0.4, 0.5) is 0 Å². The highest BCUT2D eigenvalue weighted by atomic mass is 28.4. The molecule has 1 heterocycles. The molecule has 1 saturated heterocycles. The number of aliphatic hydroxyl groups excluding tert-OH is 1. The molecular formula is C52H76O7Si2. The van der Waals surface area contributed by atoms with E-state index in [4.69, 9.17) is 23.1 Å². The number of hydrogen-bond acceptors (Lipinski definition) is 7. The smallest absolute Gasteiger partial charge is 0.261 e. The summed E-state index contributed by atoms with van der Waals surface area (Å²) in [6.07, 6.45) is 3.34. The Bertz CT molecular complexity index is 1980. The van der Waals surface area contributed by atoms with E-state index in [1.165, 1.54) is 5.57 Å². The summed E-state index contributed by atoms with van der Waals surface area (Å²) < 4.78 is 35.3. The lowest BCUT2D eigenvalue weighted by Crippen LogP contribution is -2.71. The summed E-state index contributed by atoms with van der Waals surface area (Å²) in [6, 6.07) is 31.5. The predicted octanol–water partition coefficient (Wildman–Crippen LogP) is 10.1. The van der Waals surface area contributed by atoms with Gasteiger partial charge in [0.2, 0.25) is 0 Å². The highest BCUT2D eigenvalue weighted by Gasteiger charge is 2.68. The Balaban J connectivity index is 1.53. The first-order chi connectivity index (χ1) is 28.3. The molecule has 0 saturated carbocycles. The molecule has 6 atom stereocenters. The molecule has 2 N–H and O–H groups in total. The first-order valence-electron chi connectivity index (χ1n) is 22.4. The number of ether oxygens (including phenoxy) is 3. The van der Waals surface area contributed by atoms with Crippen LogP contribution in [0.5, 0.6) is 0 Å². The number of benzene rings is 3. The van der Waals surface area contributed by atoms with Crippen molar-refractivity contribution in [2.75, 3.05) is 19.8 Å². The van der Waals surface area contributed by atoms with Gasteiger partial charge in [-0.1, -0.05) is 171 Å². The topological polar surface area (TPSA) is 86.6 Å². The molecule has 3 aliphatic rings. The number of allylic oxidation sites excluding steroid dienone is 1. The summed E-state index contributed by atoms with van der Waals surface area (Å²) in [7, 11) is -5.26. The molecule has 0 radical (unpaired) electrons. The molecule has 0 amide bonds. The minimum atomic E-state index is -3.11. The molecule has 0 bridgehead atoms. The van der Waals surface area contributed by atoms with E-state index in [9.17, 15) is 10.2 Å². The largest absolute Gasteiger partial charge is 0.413 e. The zero-order valence-corrected chi connectivity index (χ0v) is 41.7. The fourth-order valence-corrected chi connectivity index (χ4v) is 16.0. The van der Waals surface area contributed by atoms with Crippen LogP contribution in [0.25, 0.3) is 0 Å². The van der Waals surface area contributed by atoms with Crippen LogP contribution in [-0.2, 0) is 29.7 Å². The Morgan fingerprint density at radius 3 is 1.80 bits per heavy atom. The number of hydrogen-bond donors (Lipinski definition) is 2. The van der Waals surface area contributed by atoms with Crippen molar-refractivity contribution in [3.05, 3.63) is 120 Å². The van der Waals surface area contributed by atoms with Crippen LogP contribution in [0.3, 0.4) is 0 Å². The molecule has 2 aliphatic carbocycles. The average Bonchev–Trinajstić information content (AvgIpc) is 3.50. The molecule has 61 heavy (non-hydrogen) atoms. The van der Waals surface area contributed by atoms with E-state index < -0.39 is 62.6 Å². The molecule has 9 heteroatoms. The first kappa shape index (κ1) is 47.8. The van der Waals surface area contributed by atoms with Crippen molar-refractivity contribution in [1.29, 1.82) is 0 Å². The van der Waals surface area contributed by atoms with Crippen LogP contribution in [0.15, 0.2) is 114 Å². The third-order valence-electron chi connectivity index (χ3n) is 15.2. The van der Waals surface area contributed by atoms with E-state index in [-0.39, 0.29) is 23.3 Å². The van der Waals surface area contributed by atoms with E-state index in [2.05, 4.69) is 167 Å². The highest BCUT2D eigenvalue weighted by molar-refractivity contribution is 6.99. The molecule has 3 aromatic rings. The fraction of sp³-hybridized carbons (Fsp3) is 0.577. The quantitative estimate of drug-likeness (QED) is 0.131. The molecule has 7 nitrogen and oxygen atoms in total. The monoisotopic (exact) mass is 869 g/mol. The summed E-state index contributed by atoms with van der Waals surface area (Å²) >= 11 is 0. The second-order valence-electron chi connectivity index (χ2n) is 22.1. The molecule has 0 aromatic heterocycles. The van der Waals surface area contributed by atoms with Crippen LogP contribution >= 0.6 is 0 Å². The predicted molar refractivity (Wildman–Crippen MR) is 253 cm³/mol. The van der Waals surface area contributed by atoms with Crippen molar-refractivity contribution in [1.82, 2.24) is 0 Å². The molecular weight excluding hydrogens is 793 g/mol. The minimum absolute atomic E-state index is 0.0190. The first-order valence-corrected chi connectivity index (χ1v) is 27.3. The Morgan fingerprint density at radius 2 is 1.31 bits per heavy atom. The van der Waals surface area contributed by atoms with Gasteiger partial charge < -0.3 is 33.3 Å². The standard InChI is InChI=1S/C52H76O7Si2/c1-38-30-33-52(54,48(8,9)42(38)35-57-60(13,14)46(2,3)4)45(53)44-50(12,36-58-61(47(5,6)7,40-26-20-16-21-27-40)41-28-22-17-23-29-41)43(55-34-39-24-18-15-19-25-39)31-32-51(44)37-56-49(10,11)59-51/h15-29,31-32,43-45,53-54H,30,33-37H2,1-14H3/t43-,44-,45-,50+,51+,52+/m0/s1. The number of rotatable bonds is 13. The zero-order chi connectivity index (χ0) is 44.9. The highest BCUT2D eigenvalue weighted by Crippen LogP contribution is 2.59. The van der Waals surface area contributed by atoms with Crippen LogP contribution in [0.2, 0.25) is 23.2 Å². The summed E-state index contributed by atoms with van der Waals surface area (Å²) in [6.45, 7) is 31.7. The van der Waals surface area contributed by atoms with E-state index >= 15 is 0 Å². The van der Waals surface area contributed by atoms with Gasteiger partial charge in [-0.3, -0.25) is 0 Å². The molecule has 0 unspecified atom stereocenters. The van der Waals surface area contributed by atoms with Gasteiger partial charge >= 0.3 is 0 Å². The zero-order valence-electron chi connectivity index (χ0n) is 39.7. The van der Waals surface area contributed by atoms with E-state index in [0.29, 0.717) is 26.1 Å². The van der Waals surface area contributed by atoms with Gasteiger partial charge in [0.25, 0.3) is 8.32 Å². The normalized spacial score (nSPS) is 28.7. The Labute approximate surface area is 370 Å². The van der Waals surface area contributed by atoms with Crippen molar-refractivity contribution < 1.29 is 33.3 Å². The van der Waals surface area contributed by atoms with Crippen molar-refractivity contribution in [2.45, 2.75) is 155 Å². The lowest BCUT2D eigenvalue weighted by molar-refractivity contribution is -0.247. The van der Waals surface area contributed by atoms with Gasteiger partial charge in [0.15, 0.2) is 14.1 Å². The maximum atomic E-state index is 13.6. The van der Waals surface area contributed by atoms with E-state index in [1.807, 2.05) is 32.0 Å². The van der Waals surface area contributed by atoms with Gasteiger partial charge in [0, 0.05) is 23.4 Å². The van der Waals surface area contributed by atoms with Crippen molar-refractivity contribution >= 4 is 27.0 Å². The number of aliphatic hydroxyl groups is 2. The Morgan fingerprint density at radius 1 is 0.770 bits per heavy atom. The van der Waals surface area contributed by atoms with Crippen molar-refractivity contribution in [2.24, 2.45) is 16.7 Å². The van der Waals surface area contributed by atoms with Crippen molar-refractivity contribution in [3.8, 4) is 0 Å². The maximum Gasteiger partial charge on any atom is 0.261 e. The van der Waals surface area contributed by atoms with Crippen LogP contribution < -0.4 is 10.4 Å². The van der Waals surface area contributed by atoms with E-state index in [1.54, 1.807) is 0 Å². The molecule has 3 aromatic carbocycles. The molecule has 1 spiro atoms. The van der Waals surface area contributed by atoms with Gasteiger partial charge in [-0.05, 0) is 78.3 Å². The van der Waals surface area contributed by atoms with E-state index in [0.717, 1.165) is 21.5 Å². The van der Waals surface area contributed by atoms with Gasteiger partial charge in [0.05, 0.1) is 32.0 Å². The molecule has 334 valence electrons. The second-order valence-corrected chi connectivity index (χ2v) is 31.2. The van der Waals surface area contributed by atoms with Crippen LogP contribution in [-0.4, -0.2) is 75.9 Å². The van der Waals surface area contributed by atoms with Crippen LogP contribution in [0, 0.1) is 16.7 Å². The van der Waals surface area contributed by atoms with Gasteiger partial charge in [-0.25, -0.2) is 0 Å². The summed E-state index contributed by atoms with van der Waals surface area (Å²) in [5.41, 5.74) is -1.21. The molecule has 6 rings (SSSR count). The minimum Gasteiger partial charge on any atom is -0.413 e. The van der Waals surface area contributed by atoms with Crippen molar-refractivity contribution in [3.63, 3.8) is 0 Å². The third-order valence-corrected chi connectivity index (χ3v) is 24.7. The second kappa shape index (κ2) is 17.0. The Hall–Kier alpha value is -2.71. The van der Waals surface area contributed by atoms with Crippen LogP contribution in [0.1, 0.15) is 101 Å². The maximum absolute atomic E-state index is 13.6. The van der Waals surface area contributed by atoms with Gasteiger partial charge in [-0.2, -0.15) is 0 Å².